The summed E-state index contributed by atoms with van der Waals surface area (Å²) in [6, 6.07) is 12.0. The number of benzene rings is 2. The van der Waals surface area contributed by atoms with E-state index in [9.17, 15) is 14.0 Å². The van der Waals surface area contributed by atoms with Crippen LogP contribution in [0.25, 0.3) is 0 Å². The lowest BCUT2D eigenvalue weighted by Crippen LogP contribution is -2.40. The van der Waals surface area contributed by atoms with E-state index in [1.54, 1.807) is 17.5 Å². The minimum absolute atomic E-state index is 0.0191. The Morgan fingerprint density at radius 1 is 1.11 bits per heavy atom. The number of hydrogen-bond donors (Lipinski definition) is 0. The van der Waals surface area contributed by atoms with Crippen LogP contribution >= 0.6 is 23.1 Å². The van der Waals surface area contributed by atoms with E-state index in [4.69, 9.17) is 4.74 Å². The average Bonchev–Trinajstić information content (AvgIpc) is 3.40. The van der Waals surface area contributed by atoms with Gasteiger partial charge in [-0.3, -0.25) is 9.59 Å². The van der Waals surface area contributed by atoms with Gasteiger partial charge in [-0.25, -0.2) is 9.37 Å². The number of ether oxygens (including phenoxy) is 1. The number of rotatable bonds is 6. The van der Waals surface area contributed by atoms with E-state index in [-0.39, 0.29) is 30.3 Å². The molecule has 3 heterocycles. The molecule has 1 fully saturated rings. The summed E-state index contributed by atoms with van der Waals surface area (Å²) >= 11 is 3.28. The van der Waals surface area contributed by atoms with Crippen LogP contribution in [-0.4, -0.2) is 57.7 Å². The smallest absolute Gasteiger partial charge is 0.273 e. The van der Waals surface area contributed by atoms with E-state index >= 15 is 0 Å². The van der Waals surface area contributed by atoms with Gasteiger partial charge >= 0.3 is 0 Å². The van der Waals surface area contributed by atoms with Crippen LogP contribution < -0.4 is 4.74 Å². The second-order valence-electron chi connectivity index (χ2n) is 8.83. The molecule has 1 unspecified atom stereocenters. The van der Waals surface area contributed by atoms with E-state index in [2.05, 4.69) is 4.98 Å². The lowest BCUT2D eigenvalue weighted by Gasteiger charge is -2.38. The Labute approximate surface area is 218 Å². The van der Waals surface area contributed by atoms with Crippen molar-refractivity contribution in [3.8, 4) is 5.75 Å². The third-order valence-electron chi connectivity index (χ3n) is 6.59. The highest BCUT2D eigenvalue weighted by molar-refractivity contribution is 7.99. The highest BCUT2D eigenvalue weighted by Gasteiger charge is 2.32. The third kappa shape index (κ3) is 5.27. The van der Waals surface area contributed by atoms with Crippen LogP contribution in [0.3, 0.4) is 0 Å². The zero-order valence-electron chi connectivity index (χ0n) is 20.1. The summed E-state index contributed by atoms with van der Waals surface area (Å²) in [5, 5.41) is 2.54. The normalized spacial score (nSPS) is 17.6. The molecule has 1 atom stereocenters. The lowest BCUT2D eigenvalue weighted by atomic mass is 9.87. The minimum atomic E-state index is -0.305. The van der Waals surface area contributed by atoms with E-state index in [0.29, 0.717) is 24.4 Å². The Bertz CT molecular complexity index is 1240. The van der Waals surface area contributed by atoms with Gasteiger partial charge in [0.2, 0.25) is 5.91 Å². The first-order valence-electron chi connectivity index (χ1n) is 12.2. The van der Waals surface area contributed by atoms with E-state index in [1.165, 1.54) is 23.5 Å². The summed E-state index contributed by atoms with van der Waals surface area (Å²) in [7, 11) is 0. The third-order valence-corrected chi connectivity index (χ3v) is 8.35. The number of thioether (sulfide) groups is 1. The van der Waals surface area contributed by atoms with Crippen LogP contribution in [-0.2, 0) is 17.8 Å². The number of hydrogen-bond acceptors (Lipinski definition) is 6. The van der Waals surface area contributed by atoms with Crippen molar-refractivity contribution in [2.45, 2.75) is 32.4 Å². The second-order valence-corrected chi connectivity index (χ2v) is 11.0. The maximum Gasteiger partial charge on any atom is 0.273 e. The molecule has 2 aliphatic heterocycles. The van der Waals surface area contributed by atoms with Gasteiger partial charge < -0.3 is 14.5 Å². The van der Waals surface area contributed by atoms with Crippen molar-refractivity contribution in [1.29, 1.82) is 0 Å². The Hall–Kier alpha value is -2.91. The fourth-order valence-corrected chi connectivity index (χ4v) is 6.29. The standard InChI is InChI=1S/C27H28FN3O3S2/c1-2-25(32)31-10-9-18-5-8-21(15-22(18)26(31)19-3-6-20(28)7-4-19)34-16-24-29-23(17-36-24)27(33)30-11-13-35-14-12-30/h3-8,15,17,26H,2,9-14,16H2,1H3. The molecule has 0 saturated carbocycles. The van der Waals surface area contributed by atoms with Gasteiger partial charge in [-0.15, -0.1) is 11.3 Å². The van der Waals surface area contributed by atoms with Gasteiger partial charge in [-0.2, -0.15) is 11.8 Å². The molecule has 3 aromatic rings. The highest BCUT2D eigenvalue weighted by Crippen LogP contribution is 2.37. The molecule has 0 bridgehead atoms. The molecule has 0 radical (unpaired) electrons. The molecule has 9 heteroatoms. The number of carbonyl (C=O) groups excluding carboxylic acids is 2. The summed E-state index contributed by atoms with van der Waals surface area (Å²) in [4.78, 5) is 33.7. The van der Waals surface area contributed by atoms with Gasteiger partial charge in [-0.05, 0) is 47.4 Å². The topological polar surface area (TPSA) is 62.7 Å². The minimum Gasteiger partial charge on any atom is -0.486 e. The first-order chi connectivity index (χ1) is 17.5. The van der Waals surface area contributed by atoms with Crippen LogP contribution in [0.15, 0.2) is 47.8 Å². The first-order valence-corrected chi connectivity index (χ1v) is 14.2. The molecule has 1 aromatic heterocycles. The van der Waals surface area contributed by atoms with Crippen molar-refractivity contribution in [3.63, 3.8) is 0 Å². The molecule has 0 aliphatic carbocycles. The molecule has 5 rings (SSSR count). The van der Waals surface area contributed by atoms with E-state index in [0.717, 1.165) is 52.7 Å². The fraction of sp³-hybridized carbons (Fsp3) is 0.370. The summed E-state index contributed by atoms with van der Waals surface area (Å²) in [6.45, 7) is 4.25. The number of halogens is 1. The van der Waals surface area contributed by atoms with Gasteiger partial charge in [0.1, 0.15) is 28.9 Å². The molecule has 36 heavy (non-hydrogen) atoms. The van der Waals surface area contributed by atoms with E-state index in [1.807, 2.05) is 46.7 Å². The number of aromatic nitrogens is 1. The van der Waals surface area contributed by atoms with Crippen molar-refractivity contribution < 1.29 is 18.7 Å². The predicted molar refractivity (Wildman–Crippen MR) is 140 cm³/mol. The number of amides is 2. The monoisotopic (exact) mass is 525 g/mol. The number of carbonyl (C=O) groups is 2. The maximum absolute atomic E-state index is 13.6. The predicted octanol–water partition coefficient (Wildman–Crippen LogP) is 4.93. The second kappa shape index (κ2) is 11.0. The SMILES string of the molecule is CCC(=O)N1CCc2ccc(OCc3nc(C(=O)N4CCSCC4)cs3)cc2C1c1ccc(F)cc1. The maximum atomic E-state index is 13.6. The number of nitrogens with zero attached hydrogens (tertiary/aromatic N) is 3. The summed E-state index contributed by atoms with van der Waals surface area (Å²) in [6.07, 6.45) is 1.16. The zero-order valence-corrected chi connectivity index (χ0v) is 21.7. The molecule has 0 spiro atoms. The van der Waals surface area contributed by atoms with Crippen molar-refractivity contribution in [2.24, 2.45) is 0 Å². The lowest BCUT2D eigenvalue weighted by molar-refractivity contribution is -0.132. The molecule has 2 aliphatic rings. The zero-order chi connectivity index (χ0) is 25.1. The quantitative estimate of drug-likeness (QED) is 0.457. The fourth-order valence-electron chi connectivity index (χ4n) is 4.71. The molecule has 6 nitrogen and oxygen atoms in total. The summed E-state index contributed by atoms with van der Waals surface area (Å²) in [5.74, 6) is 2.33. The molecular formula is C27H28FN3O3S2. The Morgan fingerprint density at radius 3 is 2.64 bits per heavy atom. The number of fused-ring (bicyclic) bond motifs is 1. The van der Waals surface area contributed by atoms with Gasteiger partial charge in [-0.1, -0.05) is 25.1 Å². The van der Waals surface area contributed by atoms with Crippen molar-refractivity contribution in [2.75, 3.05) is 31.1 Å². The van der Waals surface area contributed by atoms with Crippen LogP contribution in [0.1, 0.15) is 51.6 Å². The van der Waals surface area contributed by atoms with Crippen molar-refractivity contribution in [3.05, 3.63) is 81.1 Å². The Morgan fingerprint density at radius 2 is 1.89 bits per heavy atom. The van der Waals surface area contributed by atoms with Gasteiger partial charge in [0.25, 0.3) is 5.91 Å². The van der Waals surface area contributed by atoms with Gasteiger partial charge in [0.05, 0.1) is 6.04 Å². The number of thiazole rings is 1. The Kier molecular flexibility index (Phi) is 7.57. The molecule has 1 saturated heterocycles. The summed E-state index contributed by atoms with van der Waals surface area (Å²) in [5.41, 5.74) is 3.49. The van der Waals surface area contributed by atoms with Gasteiger partial charge in [0, 0.05) is 42.9 Å². The largest absolute Gasteiger partial charge is 0.486 e. The van der Waals surface area contributed by atoms with Crippen molar-refractivity contribution >= 4 is 34.9 Å². The highest BCUT2D eigenvalue weighted by atomic mass is 32.2. The molecule has 188 valence electrons. The van der Waals surface area contributed by atoms with Crippen LogP contribution in [0.5, 0.6) is 5.75 Å². The molecule has 2 amide bonds. The Balaban J connectivity index is 1.34. The van der Waals surface area contributed by atoms with Crippen molar-refractivity contribution in [1.82, 2.24) is 14.8 Å². The molecule has 2 aromatic carbocycles. The van der Waals surface area contributed by atoms with Crippen LogP contribution in [0, 0.1) is 5.82 Å². The van der Waals surface area contributed by atoms with Gasteiger partial charge in [0.15, 0.2) is 0 Å². The van der Waals surface area contributed by atoms with Crippen LogP contribution in [0.4, 0.5) is 4.39 Å². The summed E-state index contributed by atoms with van der Waals surface area (Å²) < 4.78 is 19.7. The average molecular weight is 526 g/mol. The molecular weight excluding hydrogens is 497 g/mol. The van der Waals surface area contributed by atoms with E-state index < -0.39 is 0 Å². The first kappa shape index (κ1) is 24.8. The van der Waals surface area contributed by atoms with Crippen LogP contribution in [0.2, 0.25) is 0 Å². The molecule has 0 N–H and O–H groups in total.